The van der Waals surface area contributed by atoms with Crippen molar-refractivity contribution in [2.45, 2.75) is 46.1 Å². The van der Waals surface area contributed by atoms with Crippen molar-refractivity contribution in [2.24, 2.45) is 5.92 Å². The standard InChI is InChI=1S/C28H36O8/c1-10-15(2)27(30)36-28(4)14-18-13-20(32-6)25(34-8)26(35-9)22(18)21-17(11-16(28)3)12-19(31-5)24(33-7)23(21)29/h10,12-13,16,29H,11,14H2,1-9H3. The van der Waals surface area contributed by atoms with Crippen molar-refractivity contribution in [3.05, 3.63) is 34.9 Å². The van der Waals surface area contributed by atoms with E-state index in [4.69, 9.17) is 28.4 Å². The molecule has 0 radical (unpaired) electrons. The minimum Gasteiger partial charge on any atom is -0.504 e. The topological polar surface area (TPSA) is 92.7 Å². The highest BCUT2D eigenvalue weighted by Gasteiger charge is 2.41. The lowest BCUT2D eigenvalue weighted by Crippen LogP contribution is -2.42. The molecule has 8 nitrogen and oxygen atoms in total. The summed E-state index contributed by atoms with van der Waals surface area (Å²) < 4.78 is 34.3. The van der Waals surface area contributed by atoms with Crippen LogP contribution < -0.4 is 23.7 Å². The predicted molar refractivity (Wildman–Crippen MR) is 137 cm³/mol. The highest BCUT2D eigenvalue weighted by Crippen LogP contribution is 2.56. The second kappa shape index (κ2) is 10.6. The van der Waals surface area contributed by atoms with Gasteiger partial charge in [0.2, 0.25) is 11.5 Å². The summed E-state index contributed by atoms with van der Waals surface area (Å²) in [4.78, 5) is 12.9. The molecule has 1 aliphatic rings. The Morgan fingerprint density at radius 2 is 1.47 bits per heavy atom. The summed E-state index contributed by atoms with van der Waals surface area (Å²) in [5.74, 6) is 1.26. The summed E-state index contributed by atoms with van der Waals surface area (Å²) in [6.07, 6.45) is 2.56. The van der Waals surface area contributed by atoms with Gasteiger partial charge in [0, 0.05) is 29.0 Å². The Bertz CT molecular complexity index is 1180. The largest absolute Gasteiger partial charge is 0.504 e. The van der Waals surface area contributed by atoms with Crippen LogP contribution >= 0.6 is 0 Å². The summed E-state index contributed by atoms with van der Waals surface area (Å²) in [6.45, 7) is 7.49. The van der Waals surface area contributed by atoms with E-state index in [1.54, 1.807) is 27.0 Å². The highest BCUT2D eigenvalue weighted by molar-refractivity contribution is 5.89. The monoisotopic (exact) mass is 500 g/mol. The number of carbonyl (C=O) groups is 1. The van der Waals surface area contributed by atoms with E-state index >= 15 is 0 Å². The summed E-state index contributed by atoms with van der Waals surface area (Å²) >= 11 is 0. The molecule has 0 spiro atoms. The van der Waals surface area contributed by atoms with Crippen LogP contribution in [0.25, 0.3) is 11.1 Å². The quantitative estimate of drug-likeness (QED) is 0.414. The maximum atomic E-state index is 12.9. The lowest BCUT2D eigenvalue weighted by Gasteiger charge is -2.39. The molecule has 2 aromatic rings. The molecule has 1 N–H and O–H groups in total. The molecule has 0 bridgehead atoms. The van der Waals surface area contributed by atoms with Crippen LogP contribution in [0.2, 0.25) is 0 Å². The number of aromatic hydroxyl groups is 1. The van der Waals surface area contributed by atoms with Gasteiger partial charge in [0.15, 0.2) is 23.0 Å². The fraction of sp³-hybridized carbons (Fsp3) is 0.464. The molecule has 2 unspecified atom stereocenters. The van der Waals surface area contributed by atoms with Crippen molar-refractivity contribution in [3.8, 4) is 45.6 Å². The van der Waals surface area contributed by atoms with E-state index in [9.17, 15) is 9.90 Å². The van der Waals surface area contributed by atoms with E-state index in [-0.39, 0.29) is 23.4 Å². The van der Waals surface area contributed by atoms with E-state index < -0.39 is 5.60 Å². The average molecular weight is 501 g/mol. The smallest absolute Gasteiger partial charge is 0.333 e. The Morgan fingerprint density at radius 3 is 2.00 bits per heavy atom. The van der Waals surface area contributed by atoms with Gasteiger partial charge in [-0.1, -0.05) is 13.0 Å². The number of rotatable bonds is 7. The first kappa shape index (κ1) is 27.0. The van der Waals surface area contributed by atoms with Crippen LogP contribution in [0.15, 0.2) is 23.8 Å². The van der Waals surface area contributed by atoms with E-state index in [1.165, 1.54) is 28.4 Å². The molecule has 3 rings (SSSR count). The number of hydrogen-bond donors (Lipinski definition) is 1. The van der Waals surface area contributed by atoms with Gasteiger partial charge in [0.25, 0.3) is 0 Å². The zero-order chi connectivity index (χ0) is 26.8. The van der Waals surface area contributed by atoms with Gasteiger partial charge in [-0.3, -0.25) is 0 Å². The Hall–Kier alpha value is -3.55. The molecule has 0 amide bonds. The first-order valence-electron chi connectivity index (χ1n) is 11.8. The van der Waals surface area contributed by atoms with Crippen LogP contribution in [-0.2, 0) is 22.4 Å². The third-order valence-electron chi connectivity index (χ3n) is 7.08. The summed E-state index contributed by atoms with van der Waals surface area (Å²) in [6, 6.07) is 3.68. The van der Waals surface area contributed by atoms with Crippen molar-refractivity contribution < 1.29 is 38.3 Å². The molecule has 0 saturated heterocycles. The number of esters is 1. The lowest BCUT2D eigenvalue weighted by molar-refractivity contribution is -0.158. The fourth-order valence-corrected chi connectivity index (χ4v) is 4.73. The van der Waals surface area contributed by atoms with Crippen LogP contribution in [0.4, 0.5) is 0 Å². The molecule has 0 aliphatic heterocycles. The first-order chi connectivity index (χ1) is 17.1. The maximum Gasteiger partial charge on any atom is 0.333 e. The Balaban J connectivity index is 2.43. The molecule has 8 heteroatoms. The number of phenolic OH excluding ortho intramolecular Hbond substituents is 1. The number of phenols is 1. The molecule has 0 fully saturated rings. The number of methoxy groups -OCH3 is 5. The Kier molecular flexibility index (Phi) is 7.96. The SMILES string of the molecule is CC=C(C)C(=O)OC1(C)Cc2cc(OC)c(OC)c(OC)c2-c2c(cc(OC)c(OC)c2O)CC1C. The number of benzene rings is 2. The Labute approximate surface area is 212 Å². The molecule has 196 valence electrons. The van der Waals surface area contributed by atoms with E-state index in [0.717, 1.165) is 11.1 Å². The number of hydrogen-bond acceptors (Lipinski definition) is 8. The van der Waals surface area contributed by atoms with Crippen molar-refractivity contribution in [1.29, 1.82) is 0 Å². The molecule has 0 aromatic heterocycles. The molecular formula is C28H36O8. The average Bonchev–Trinajstić information content (AvgIpc) is 2.86. The Morgan fingerprint density at radius 1 is 0.917 bits per heavy atom. The second-order valence-corrected chi connectivity index (χ2v) is 9.13. The van der Waals surface area contributed by atoms with Gasteiger partial charge in [-0.05, 0) is 50.5 Å². The van der Waals surface area contributed by atoms with Gasteiger partial charge < -0.3 is 33.5 Å². The summed E-state index contributed by atoms with van der Waals surface area (Å²) in [5.41, 5.74) is 2.34. The third kappa shape index (κ3) is 4.52. The minimum atomic E-state index is -0.888. The zero-order valence-corrected chi connectivity index (χ0v) is 22.5. The van der Waals surface area contributed by atoms with Crippen LogP contribution in [0.1, 0.15) is 38.8 Å². The van der Waals surface area contributed by atoms with Crippen molar-refractivity contribution in [2.75, 3.05) is 35.5 Å². The molecule has 0 saturated carbocycles. The molecule has 2 atom stereocenters. The van der Waals surface area contributed by atoms with Gasteiger partial charge in [0.05, 0.1) is 35.5 Å². The number of carbonyl (C=O) groups excluding carboxylic acids is 1. The predicted octanol–water partition coefficient (Wildman–Crippen LogP) is 5.11. The zero-order valence-electron chi connectivity index (χ0n) is 22.5. The molecular weight excluding hydrogens is 464 g/mol. The van der Waals surface area contributed by atoms with Crippen LogP contribution in [0.3, 0.4) is 0 Å². The van der Waals surface area contributed by atoms with E-state index in [2.05, 4.69) is 0 Å². The summed E-state index contributed by atoms with van der Waals surface area (Å²) in [7, 11) is 7.60. The molecule has 36 heavy (non-hydrogen) atoms. The molecule has 2 aromatic carbocycles. The van der Waals surface area contributed by atoms with Gasteiger partial charge in [-0.15, -0.1) is 0 Å². The van der Waals surface area contributed by atoms with Gasteiger partial charge in [-0.25, -0.2) is 4.79 Å². The van der Waals surface area contributed by atoms with Crippen LogP contribution in [0.5, 0.6) is 34.5 Å². The first-order valence-corrected chi connectivity index (χ1v) is 11.8. The second-order valence-electron chi connectivity index (χ2n) is 9.13. The molecule has 0 heterocycles. The van der Waals surface area contributed by atoms with Gasteiger partial charge in [0.1, 0.15) is 5.60 Å². The van der Waals surface area contributed by atoms with Crippen LogP contribution in [-0.4, -0.2) is 52.2 Å². The van der Waals surface area contributed by atoms with Crippen molar-refractivity contribution in [1.82, 2.24) is 0 Å². The van der Waals surface area contributed by atoms with Gasteiger partial charge in [-0.2, -0.15) is 0 Å². The maximum absolute atomic E-state index is 12.9. The van der Waals surface area contributed by atoms with E-state index in [1.807, 2.05) is 26.0 Å². The van der Waals surface area contributed by atoms with Crippen molar-refractivity contribution >= 4 is 5.97 Å². The van der Waals surface area contributed by atoms with Gasteiger partial charge >= 0.3 is 5.97 Å². The minimum absolute atomic E-state index is 0.0730. The van der Waals surface area contributed by atoms with E-state index in [0.29, 0.717) is 52.5 Å². The fourth-order valence-electron chi connectivity index (χ4n) is 4.73. The van der Waals surface area contributed by atoms with Crippen LogP contribution in [0, 0.1) is 5.92 Å². The molecule has 1 aliphatic carbocycles. The normalized spacial score (nSPS) is 19.2. The summed E-state index contributed by atoms with van der Waals surface area (Å²) in [5, 5.41) is 11.5. The number of fused-ring (bicyclic) bond motifs is 3. The number of ether oxygens (including phenoxy) is 6. The van der Waals surface area contributed by atoms with Crippen molar-refractivity contribution in [3.63, 3.8) is 0 Å². The highest BCUT2D eigenvalue weighted by atomic mass is 16.6. The number of allylic oxidation sites excluding steroid dienone is 1. The lowest BCUT2D eigenvalue weighted by atomic mass is 9.74. The third-order valence-corrected chi connectivity index (χ3v) is 7.08.